The Hall–Kier alpha value is -2.82. The Bertz CT molecular complexity index is 735. The second-order valence-corrected chi connectivity index (χ2v) is 7.29. The van der Waals surface area contributed by atoms with Gasteiger partial charge in [-0.25, -0.2) is 4.79 Å². The number of hydrogen-bond donors (Lipinski definition) is 1. The number of carbonyl (C=O) groups excluding carboxylic acids is 2. The lowest BCUT2D eigenvalue weighted by Gasteiger charge is -2.44. The number of piperidine rings is 1. The lowest BCUT2D eigenvalue weighted by molar-refractivity contribution is -0.132. The van der Waals surface area contributed by atoms with Gasteiger partial charge in [0.25, 0.3) is 0 Å². The Labute approximate surface area is 161 Å². The first-order valence-corrected chi connectivity index (χ1v) is 9.37. The molecule has 142 valence electrons. The Morgan fingerprint density at radius 1 is 1.00 bits per heavy atom. The van der Waals surface area contributed by atoms with Gasteiger partial charge in [0.05, 0.1) is 6.54 Å². The van der Waals surface area contributed by atoms with Crippen molar-refractivity contribution >= 4 is 11.9 Å². The fourth-order valence-corrected chi connectivity index (χ4v) is 3.84. The van der Waals surface area contributed by atoms with Crippen LogP contribution < -0.4 is 5.32 Å². The fraction of sp³-hybridized carbons (Fsp3) is 0.364. The van der Waals surface area contributed by atoms with E-state index in [0.717, 1.165) is 19.4 Å². The number of nitrogens with zero attached hydrogens (tertiary/aromatic N) is 2. The van der Waals surface area contributed by atoms with Crippen LogP contribution in [0.15, 0.2) is 60.7 Å². The minimum atomic E-state index is -0.252. The van der Waals surface area contributed by atoms with E-state index in [-0.39, 0.29) is 23.9 Å². The van der Waals surface area contributed by atoms with Gasteiger partial charge >= 0.3 is 6.03 Å². The van der Waals surface area contributed by atoms with E-state index in [2.05, 4.69) is 53.8 Å². The molecule has 3 amide bonds. The lowest BCUT2D eigenvalue weighted by atomic mass is 9.69. The fourth-order valence-electron chi connectivity index (χ4n) is 3.84. The molecule has 3 rings (SSSR count). The van der Waals surface area contributed by atoms with Gasteiger partial charge in [-0.05, 0) is 24.0 Å². The van der Waals surface area contributed by atoms with Gasteiger partial charge in [-0.1, -0.05) is 60.7 Å². The second kappa shape index (κ2) is 8.25. The Morgan fingerprint density at radius 2 is 1.56 bits per heavy atom. The molecule has 0 spiro atoms. The number of amides is 3. The smallest absolute Gasteiger partial charge is 0.317 e. The van der Waals surface area contributed by atoms with Crippen molar-refractivity contribution in [1.82, 2.24) is 15.1 Å². The first-order valence-electron chi connectivity index (χ1n) is 9.37. The quantitative estimate of drug-likeness (QED) is 0.906. The Kier molecular flexibility index (Phi) is 5.79. The maximum absolute atomic E-state index is 12.8. The molecule has 0 aliphatic carbocycles. The first kappa shape index (κ1) is 19.0. The number of hydrogen-bond acceptors (Lipinski definition) is 2. The van der Waals surface area contributed by atoms with Crippen LogP contribution in [-0.2, 0) is 10.2 Å². The zero-order valence-electron chi connectivity index (χ0n) is 16.0. The van der Waals surface area contributed by atoms with Crippen molar-refractivity contribution < 1.29 is 9.59 Å². The van der Waals surface area contributed by atoms with Crippen molar-refractivity contribution in [3.8, 4) is 0 Å². The van der Waals surface area contributed by atoms with Crippen molar-refractivity contribution in [3.63, 3.8) is 0 Å². The molecule has 2 aromatic carbocycles. The van der Waals surface area contributed by atoms with Gasteiger partial charge in [0.15, 0.2) is 0 Å². The molecule has 0 unspecified atom stereocenters. The highest BCUT2D eigenvalue weighted by atomic mass is 16.2. The van der Waals surface area contributed by atoms with Crippen molar-refractivity contribution in [2.75, 3.05) is 33.7 Å². The topological polar surface area (TPSA) is 52.7 Å². The molecule has 1 aliphatic heterocycles. The van der Waals surface area contributed by atoms with Gasteiger partial charge < -0.3 is 15.1 Å². The average molecular weight is 365 g/mol. The molecule has 0 saturated carbocycles. The highest BCUT2D eigenvalue weighted by molar-refractivity contribution is 5.84. The lowest BCUT2D eigenvalue weighted by Crippen LogP contribution is -2.52. The SMILES string of the molecule is CN(C)C(=O)NCC(=O)N1CCCC(c2ccccc2)(c2ccccc2)C1. The molecule has 1 N–H and O–H groups in total. The Morgan fingerprint density at radius 3 is 2.07 bits per heavy atom. The summed E-state index contributed by atoms with van der Waals surface area (Å²) in [6, 6.07) is 20.6. The second-order valence-electron chi connectivity index (χ2n) is 7.29. The van der Waals surface area contributed by atoms with Crippen LogP contribution in [0.3, 0.4) is 0 Å². The predicted molar refractivity (Wildman–Crippen MR) is 107 cm³/mol. The third kappa shape index (κ3) is 4.13. The molecule has 2 aromatic rings. The molecular weight excluding hydrogens is 338 g/mol. The van der Waals surface area contributed by atoms with Crippen LogP contribution in [0.4, 0.5) is 4.79 Å². The van der Waals surface area contributed by atoms with Crippen LogP contribution in [-0.4, -0.2) is 55.5 Å². The van der Waals surface area contributed by atoms with E-state index >= 15 is 0 Å². The highest BCUT2D eigenvalue weighted by Gasteiger charge is 2.39. The number of likely N-dealkylation sites (tertiary alicyclic amines) is 1. The summed E-state index contributed by atoms with van der Waals surface area (Å²) in [5.74, 6) is -0.0406. The van der Waals surface area contributed by atoms with Crippen LogP contribution in [0.25, 0.3) is 0 Å². The van der Waals surface area contributed by atoms with Crippen LogP contribution in [0.1, 0.15) is 24.0 Å². The van der Waals surface area contributed by atoms with E-state index in [1.807, 2.05) is 17.0 Å². The minimum Gasteiger partial charge on any atom is -0.340 e. The molecule has 1 fully saturated rings. The number of nitrogens with one attached hydrogen (secondary N) is 1. The molecule has 27 heavy (non-hydrogen) atoms. The highest BCUT2D eigenvalue weighted by Crippen LogP contribution is 2.40. The van der Waals surface area contributed by atoms with Gasteiger partial charge in [-0.3, -0.25) is 4.79 Å². The summed E-state index contributed by atoms with van der Waals surface area (Å²) in [4.78, 5) is 27.8. The van der Waals surface area contributed by atoms with Gasteiger partial charge in [-0.2, -0.15) is 0 Å². The monoisotopic (exact) mass is 365 g/mol. The van der Waals surface area contributed by atoms with Gasteiger partial charge in [-0.15, -0.1) is 0 Å². The third-order valence-electron chi connectivity index (χ3n) is 5.29. The largest absolute Gasteiger partial charge is 0.340 e. The third-order valence-corrected chi connectivity index (χ3v) is 5.29. The molecule has 0 aromatic heterocycles. The van der Waals surface area contributed by atoms with E-state index in [1.54, 1.807) is 14.1 Å². The normalized spacial score (nSPS) is 15.9. The Balaban J connectivity index is 1.85. The zero-order chi connectivity index (χ0) is 19.3. The van der Waals surface area contributed by atoms with Crippen LogP contribution in [0, 0.1) is 0 Å². The standard InChI is InChI=1S/C22H27N3O2/c1-24(2)21(27)23-16-20(26)25-15-9-14-22(17-25,18-10-5-3-6-11-18)19-12-7-4-8-13-19/h3-8,10-13H,9,14-17H2,1-2H3,(H,23,27). The summed E-state index contributed by atoms with van der Waals surface area (Å²) < 4.78 is 0. The van der Waals surface area contributed by atoms with E-state index < -0.39 is 0 Å². The molecule has 5 heteroatoms. The van der Waals surface area contributed by atoms with Gasteiger partial charge in [0, 0.05) is 32.6 Å². The van der Waals surface area contributed by atoms with Crippen molar-refractivity contribution in [3.05, 3.63) is 71.8 Å². The van der Waals surface area contributed by atoms with Crippen molar-refractivity contribution in [2.45, 2.75) is 18.3 Å². The summed E-state index contributed by atoms with van der Waals surface area (Å²) in [7, 11) is 3.33. The van der Waals surface area contributed by atoms with E-state index in [9.17, 15) is 9.59 Å². The zero-order valence-corrected chi connectivity index (χ0v) is 16.0. The van der Waals surface area contributed by atoms with E-state index in [0.29, 0.717) is 6.54 Å². The molecule has 5 nitrogen and oxygen atoms in total. The predicted octanol–water partition coefficient (Wildman–Crippen LogP) is 2.87. The van der Waals surface area contributed by atoms with Crippen molar-refractivity contribution in [2.24, 2.45) is 0 Å². The van der Waals surface area contributed by atoms with Crippen LogP contribution in [0.2, 0.25) is 0 Å². The minimum absolute atomic E-state index is 0.0245. The number of carbonyl (C=O) groups is 2. The summed E-state index contributed by atoms with van der Waals surface area (Å²) in [5.41, 5.74) is 2.24. The average Bonchev–Trinajstić information content (AvgIpc) is 2.73. The molecule has 0 atom stereocenters. The molecule has 1 heterocycles. The molecule has 0 radical (unpaired) electrons. The van der Waals surface area contributed by atoms with Crippen LogP contribution >= 0.6 is 0 Å². The summed E-state index contributed by atoms with van der Waals surface area (Å²) in [6.45, 7) is 1.37. The molecule has 1 aliphatic rings. The van der Waals surface area contributed by atoms with Gasteiger partial charge in [0.2, 0.25) is 5.91 Å². The molecule has 0 bridgehead atoms. The van der Waals surface area contributed by atoms with E-state index in [4.69, 9.17) is 0 Å². The van der Waals surface area contributed by atoms with Gasteiger partial charge in [0.1, 0.15) is 0 Å². The summed E-state index contributed by atoms with van der Waals surface area (Å²) in [6.07, 6.45) is 1.92. The van der Waals surface area contributed by atoms with Crippen LogP contribution in [0.5, 0.6) is 0 Å². The summed E-state index contributed by atoms with van der Waals surface area (Å²) >= 11 is 0. The molecular formula is C22H27N3O2. The number of rotatable bonds is 4. The molecule has 1 saturated heterocycles. The number of benzene rings is 2. The van der Waals surface area contributed by atoms with E-state index in [1.165, 1.54) is 16.0 Å². The first-order chi connectivity index (χ1) is 13.0. The maximum atomic E-state index is 12.8. The summed E-state index contributed by atoms with van der Waals surface area (Å²) in [5, 5.41) is 2.68. The van der Waals surface area contributed by atoms with Crippen molar-refractivity contribution in [1.29, 1.82) is 0 Å². The maximum Gasteiger partial charge on any atom is 0.317 e. The number of urea groups is 1.